The van der Waals surface area contributed by atoms with Crippen LogP contribution >= 0.6 is 12.6 Å². The fourth-order valence-electron chi connectivity index (χ4n) is 1.33. The van der Waals surface area contributed by atoms with Crippen molar-refractivity contribution < 1.29 is 30.7 Å². The SMILES string of the molecule is FC(S)Cc1cc(C(F)(F)F)cc(C(F)(F)F)c1. The minimum atomic E-state index is -4.92. The minimum absolute atomic E-state index is 0.00471. The van der Waals surface area contributed by atoms with Crippen LogP contribution in [0.5, 0.6) is 0 Å². The number of hydrogen-bond donors (Lipinski definition) is 1. The monoisotopic (exact) mass is 292 g/mol. The summed E-state index contributed by atoms with van der Waals surface area (Å²) in [6, 6.07) is 0.964. The van der Waals surface area contributed by atoms with Gasteiger partial charge in [0.2, 0.25) is 0 Å². The smallest absolute Gasteiger partial charge is 0.236 e. The molecule has 18 heavy (non-hydrogen) atoms. The topological polar surface area (TPSA) is 0 Å². The molecule has 0 amide bonds. The second-order valence-electron chi connectivity index (χ2n) is 3.55. The molecule has 102 valence electrons. The van der Waals surface area contributed by atoms with Gasteiger partial charge in [0.1, 0.15) is 5.50 Å². The van der Waals surface area contributed by atoms with Gasteiger partial charge in [0.15, 0.2) is 0 Å². The van der Waals surface area contributed by atoms with Gasteiger partial charge in [-0.05, 0) is 23.8 Å². The molecule has 0 fully saturated rings. The summed E-state index contributed by atoms with van der Waals surface area (Å²) in [5.74, 6) is 0. The summed E-state index contributed by atoms with van der Waals surface area (Å²) < 4.78 is 86.9. The van der Waals surface area contributed by atoms with Gasteiger partial charge in [0, 0.05) is 6.42 Å². The molecule has 8 heteroatoms. The summed E-state index contributed by atoms with van der Waals surface area (Å²) in [6.45, 7) is 0. The molecule has 1 rings (SSSR count). The van der Waals surface area contributed by atoms with Crippen molar-refractivity contribution in [3.63, 3.8) is 0 Å². The third kappa shape index (κ3) is 4.08. The highest BCUT2D eigenvalue weighted by molar-refractivity contribution is 7.80. The molecule has 0 N–H and O–H groups in total. The van der Waals surface area contributed by atoms with Crippen molar-refractivity contribution >= 4 is 12.6 Å². The third-order valence-electron chi connectivity index (χ3n) is 2.05. The van der Waals surface area contributed by atoms with Crippen LogP contribution in [0.2, 0.25) is 0 Å². The number of alkyl halides is 7. The molecule has 0 nitrogen and oxygen atoms in total. The number of halogens is 7. The van der Waals surface area contributed by atoms with E-state index in [0.29, 0.717) is 12.1 Å². The Hall–Kier alpha value is -0.920. The molecule has 0 aromatic heterocycles. The van der Waals surface area contributed by atoms with Crippen molar-refractivity contribution in [2.24, 2.45) is 0 Å². The molecule has 1 aromatic rings. The quantitative estimate of drug-likeness (QED) is 0.602. The van der Waals surface area contributed by atoms with Crippen LogP contribution in [-0.4, -0.2) is 5.50 Å². The van der Waals surface area contributed by atoms with Crippen LogP contribution in [0.15, 0.2) is 18.2 Å². The van der Waals surface area contributed by atoms with E-state index < -0.39 is 41.0 Å². The standard InChI is InChI=1S/C10H7F7S/c11-8(18)3-5-1-6(9(12,13)14)4-7(2-5)10(15,16)17/h1-2,4,8,18H,3H2. The van der Waals surface area contributed by atoms with Gasteiger partial charge in [-0.1, -0.05) is 0 Å². The van der Waals surface area contributed by atoms with E-state index in [2.05, 4.69) is 12.6 Å². The van der Waals surface area contributed by atoms with Crippen LogP contribution in [0.1, 0.15) is 16.7 Å². The molecule has 1 atom stereocenters. The molecule has 1 aromatic carbocycles. The largest absolute Gasteiger partial charge is 0.416 e. The molecular weight excluding hydrogens is 285 g/mol. The zero-order chi connectivity index (χ0) is 14.1. The highest BCUT2D eigenvalue weighted by Crippen LogP contribution is 2.36. The molecule has 0 aliphatic carbocycles. The molecule has 0 aliphatic rings. The Bertz CT molecular complexity index is 387. The molecule has 0 aliphatic heterocycles. The maximum absolute atomic E-state index is 12.5. The Kier molecular flexibility index (Phi) is 4.19. The first kappa shape index (κ1) is 15.1. The summed E-state index contributed by atoms with van der Waals surface area (Å²) in [5.41, 5.74) is -5.14. The number of benzene rings is 1. The Labute approximate surface area is 103 Å². The summed E-state index contributed by atoms with van der Waals surface area (Å²) in [6.07, 6.45) is -10.5. The molecule has 1 unspecified atom stereocenters. The second-order valence-corrected chi connectivity index (χ2v) is 4.11. The summed E-state index contributed by atoms with van der Waals surface area (Å²) >= 11 is 3.29. The van der Waals surface area contributed by atoms with Crippen molar-refractivity contribution in [3.8, 4) is 0 Å². The maximum Gasteiger partial charge on any atom is 0.416 e. The highest BCUT2D eigenvalue weighted by Gasteiger charge is 2.36. The van der Waals surface area contributed by atoms with Crippen molar-refractivity contribution in [1.82, 2.24) is 0 Å². The lowest BCUT2D eigenvalue weighted by Crippen LogP contribution is -2.12. The van der Waals surface area contributed by atoms with Gasteiger partial charge < -0.3 is 0 Å². The third-order valence-corrected chi connectivity index (χ3v) is 2.23. The van der Waals surface area contributed by atoms with Gasteiger partial charge in [-0.25, -0.2) is 4.39 Å². The lowest BCUT2D eigenvalue weighted by Gasteiger charge is -2.14. The van der Waals surface area contributed by atoms with E-state index in [-0.39, 0.29) is 6.07 Å². The maximum atomic E-state index is 12.5. The first-order valence-electron chi connectivity index (χ1n) is 4.60. The lowest BCUT2D eigenvalue weighted by atomic mass is 10.0. The second kappa shape index (κ2) is 4.99. The van der Waals surface area contributed by atoms with E-state index in [1.165, 1.54) is 0 Å². The number of hydrogen-bond acceptors (Lipinski definition) is 1. The zero-order valence-corrected chi connectivity index (χ0v) is 9.50. The fraction of sp³-hybridized carbons (Fsp3) is 0.400. The molecule has 0 radical (unpaired) electrons. The summed E-state index contributed by atoms with van der Waals surface area (Å²) in [5, 5.41) is 0. The van der Waals surface area contributed by atoms with Crippen LogP contribution in [0.3, 0.4) is 0 Å². The minimum Gasteiger partial charge on any atom is -0.236 e. The van der Waals surface area contributed by atoms with Crippen molar-refractivity contribution in [2.75, 3.05) is 0 Å². The zero-order valence-electron chi connectivity index (χ0n) is 8.61. The molecular formula is C10H7F7S. The van der Waals surface area contributed by atoms with Gasteiger partial charge in [0.05, 0.1) is 11.1 Å². The summed E-state index contributed by atoms with van der Waals surface area (Å²) in [7, 11) is 0. The average Bonchev–Trinajstić information content (AvgIpc) is 2.13. The molecule has 0 spiro atoms. The molecule has 0 bridgehead atoms. The van der Waals surface area contributed by atoms with Crippen LogP contribution in [0.4, 0.5) is 30.7 Å². The average molecular weight is 292 g/mol. The Morgan fingerprint density at radius 3 is 1.56 bits per heavy atom. The molecule has 0 heterocycles. The van der Waals surface area contributed by atoms with E-state index in [0.717, 1.165) is 0 Å². The van der Waals surface area contributed by atoms with E-state index in [9.17, 15) is 30.7 Å². The van der Waals surface area contributed by atoms with E-state index in [1.807, 2.05) is 0 Å². The molecule has 0 saturated carbocycles. The predicted molar refractivity (Wildman–Crippen MR) is 54.0 cm³/mol. The van der Waals surface area contributed by atoms with Gasteiger partial charge in [0.25, 0.3) is 0 Å². The van der Waals surface area contributed by atoms with Gasteiger partial charge in [-0.3, -0.25) is 0 Å². The Balaban J connectivity index is 3.29. The normalized spacial score (nSPS) is 14.7. The Morgan fingerprint density at radius 2 is 1.28 bits per heavy atom. The Morgan fingerprint density at radius 1 is 0.889 bits per heavy atom. The van der Waals surface area contributed by atoms with Crippen molar-refractivity contribution in [1.29, 1.82) is 0 Å². The van der Waals surface area contributed by atoms with Crippen LogP contribution in [-0.2, 0) is 18.8 Å². The predicted octanol–water partition coefficient (Wildman–Crippen LogP) is 4.49. The van der Waals surface area contributed by atoms with Gasteiger partial charge >= 0.3 is 12.4 Å². The van der Waals surface area contributed by atoms with Crippen LogP contribution in [0.25, 0.3) is 0 Å². The van der Waals surface area contributed by atoms with Crippen molar-refractivity contribution in [3.05, 3.63) is 34.9 Å². The fourth-order valence-corrected chi connectivity index (χ4v) is 1.54. The van der Waals surface area contributed by atoms with E-state index in [1.54, 1.807) is 0 Å². The van der Waals surface area contributed by atoms with Gasteiger partial charge in [-0.15, -0.1) is 12.6 Å². The molecule has 0 saturated heterocycles. The highest BCUT2D eigenvalue weighted by atomic mass is 32.1. The van der Waals surface area contributed by atoms with E-state index >= 15 is 0 Å². The van der Waals surface area contributed by atoms with Gasteiger partial charge in [-0.2, -0.15) is 26.3 Å². The first-order valence-corrected chi connectivity index (χ1v) is 5.12. The number of thiol groups is 1. The van der Waals surface area contributed by atoms with Crippen LogP contribution < -0.4 is 0 Å². The first-order chi connectivity index (χ1) is 8.00. The summed E-state index contributed by atoms with van der Waals surface area (Å²) in [4.78, 5) is 0. The van der Waals surface area contributed by atoms with E-state index in [4.69, 9.17) is 0 Å². The van der Waals surface area contributed by atoms with Crippen LogP contribution in [0, 0.1) is 0 Å². The van der Waals surface area contributed by atoms with Crippen molar-refractivity contribution in [2.45, 2.75) is 24.3 Å². The lowest BCUT2D eigenvalue weighted by molar-refractivity contribution is -0.143. The number of rotatable bonds is 2.